The third kappa shape index (κ3) is 3.03. The predicted octanol–water partition coefficient (Wildman–Crippen LogP) is 1.27. The van der Waals surface area contributed by atoms with Gasteiger partial charge in [0.25, 0.3) is 0 Å². The minimum absolute atomic E-state index is 0.322. The first-order valence-electron chi connectivity index (χ1n) is 4.28. The molecule has 0 amide bonds. The van der Waals surface area contributed by atoms with Gasteiger partial charge < -0.3 is 10.8 Å². The zero-order chi connectivity index (χ0) is 9.68. The predicted molar refractivity (Wildman–Crippen MR) is 57.0 cm³/mol. The fraction of sp³-hybridized carbons (Fsp3) is 0.400. The first-order chi connectivity index (χ1) is 6.27. The van der Waals surface area contributed by atoms with Gasteiger partial charge in [-0.2, -0.15) is 0 Å². The second kappa shape index (κ2) is 5.27. The average Bonchev–Trinajstić information content (AvgIpc) is 2.18. The van der Waals surface area contributed by atoms with E-state index in [4.69, 9.17) is 5.73 Å². The molecule has 0 saturated carbocycles. The van der Waals surface area contributed by atoms with Gasteiger partial charge in [0.15, 0.2) is 0 Å². The molecule has 0 saturated heterocycles. The topological polar surface area (TPSA) is 46.2 Å². The molecular formula is C10H15NOS. The van der Waals surface area contributed by atoms with Crippen LogP contribution in [0, 0.1) is 0 Å². The van der Waals surface area contributed by atoms with Crippen LogP contribution in [0.5, 0.6) is 0 Å². The Kier molecular flexibility index (Phi) is 4.28. The largest absolute Gasteiger partial charge is 0.391 e. The van der Waals surface area contributed by atoms with Gasteiger partial charge in [0, 0.05) is 17.9 Å². The third-order valence-corrected chi connectivity index (χ3v) is 2.76. The minimum atomic E-state index is -0.423. The molecule has 0 aliphatic rings. The van der Waals surface area contributed by atoms with Crippen LogP contribution in [-0.2, 0) is 6.42 Å². The van der Waals surface area contributed by atoms with Gasteiger partial charge >= 0.3 is 0 Å². The van der Waals surface area contributed by atoms with Crippen LogP contribution >= 0.6 is 11.8 Å². The van der Waals surface area contributed by atoms with E-state index in [0.717, 1.165) is 0 Å². The van der Waals surface area contributed by atoms with Gasteiger partial charge in [-0.15, -0.1) is 11.8 Å². The lowest BCUT2D eigenvalue weighted by Crippen LogP contribution is -2.22. The van der Waals surface area contributed by atoms with Crippen molar-refractivity contribution in [3.8, 4) is 0 Å². The highest BCUT2D eigenvalue weighted by Crippen LogP contribution is 2.20. The molecule has 0 heterocycles. The summed E-state index contributed by atoms with van der Waals surface area (Å²) in [4.78, 5) is 1.22. The Balaban J connectivity index is 2.74. The maximum absolute atomic E-state index is 9.40. The number of aliphatic hydroxyl groups is 1. The first-order valence-corrected chi connectivity index (χ1v) is 5.50. The fourth-order valence-corrected chi connectivity index (χ4v) is 1.84. The summed E-state index contributed by atoms with van der Waals surface area (Å²) in [6.07, 6.45) is 2.26. The number of hydrogen-bond acceptors (Lipinski definition) is 3. The molecule has 0 spiro atoms. The van der Waals surface area contributed by atoms with Gasteiger partial charge in [-0.05, 0) is 17.9 Å². The molecule has 1 rings (SSSR count). The molecule has 2 nitrogen and oxygen atoms in total. The number of nitrogens with two attached hydrogens (primary N) is 1. The van der Waals surface area contributed by atoms with Crippen LogP contribution in [0.4, 0.5) is 0 Å². The lowest BCUT2D eigenvalue weighted by Gasteiger charge is -2.10. The van der Waals surface area contributed by atoms with Crippen molar-refractivity contribution < 1.29 is 5.11 Å². The van der Waals surface area contributed by atoms with Crippen LogP contribution in [-0.4, -0.2) is 24.0 Å². The van der Waals surface area contributed by atoms with Crippen molar-refractivity contribution in [3.63, 3.8) is 0 Å². The van der Waals surface area contributed by atoms with Gasteiger partial charge in [0.05, 0.1) is 6.10 Å². The van der Waals surface area contributed by atoms with Crippen LogP contribution in [0.1, 0.15) is 5.56 Å². The lowest BCUT2D eigenvalue weighted by atomic mass is 10.1. The Labute approximate surface area is 83.1 Å². The smallest absolute Gasteiger partial charge is 0.0703 e. The molecule has 13 heavy (non-hydrogen) atoms. The highest BCUT2D eigenvalue weighted by molar-refractivity contribution is 7.98. The Bertz CT molecular complexity index is 265. The monoisotopic (exact) mass is 197 g/mol. The first kappa shape index (κ1) is 10.6. The van der Waals surface area contributed by atoms with E-state index in [0.29, 0.717) is 13.0 Å². The second-order valence-electron chi connectivity index (χ2n) is 2.91. The quantitative estimate of drug-likeness (QED) is 0.715. The second-order valence-corrected chi connectivity index (χ2v) is 3.75. The number of thioether (sulfide) groups is 1. The molecule has 0 aliphatic carbocycles. The van der Waals surface area contributed by atoms with Crippen molar-refractivity contribution in [2.75, 3.05) is 12.8 Å². The van der Waals surface area contributed by atoms with E-state index in [9.17, 15) is 5.11 Å². The van der Waals surface area contributed by atoms with E-state index in [-0.39, 0.29) is 0 Å². The van der Waals surface area contributed by atoms with Crippen molar-refractivity contribution in [1.82, 2.24) is 0 Å². The van der Waals surface area contributed by atoms with Gasteiger partial charge in [-0.25, -0.2) is 0 Å². The molecule has 0 fully saturated rings. The van der Waals surface area contributed by atoms with Crippen molar-refractivity contribution >= 4 is 11.8 Å². The number of rotatable bonds is 4. The Hall–Kier alpha value is -0.510. The van der Waals surface area contributed by atoms with Crippen molar-refractivity contribution in [2.45, 2.75) is 17.4 Å². The van der Waals surface area contributed by atoms with Crippen molar-refractivity contribution in [1.29, 1.82) is 0 Å². The summed E-state index contributed by atoms with van der Waals surface area (Å²) in [5, 5.41) is 9.40. The zero-order valence-corrected chi connectivity index (χ0v) is 8.55. The molecule has 0 radical (unpaired) electrons. The maximum atomic E-state index is 9.40. The Morgan fingerprint density at radius 2 is 2.15 bits per heavy atom. The molecular weight excluding hydrogens is 182 g/mol. The van der Waals surface area contributed by atoms with Gasteiger partial charge in [0.1, 0.15) is 0 Å². The van der Waals surface area contributed by atoms with Crippen LogP contribution in [0.15, 0.2) is 29.2 Å². The number of aliphatic hydroxyl groups excluding tert-OH is 1. The number of benzene rings is 1. The van der Waals surface area contributed by atoms with Gasteiger partial charge in [-0.1, -0.05) is 18.2 Å². The lowest BCUT2D eigenvalue weighted by molar-refractivity contribution is 0.182. The SMILES string of the molecule is CSc1ccccc1CC(O)CN. The summed E-state index contributed by atoms with van der Waals surface area (Å²) in [5.74, 6) is 0. The van der Waals surface area contributed by atoms with E-state index < -0.39 is 6.10 Å². The normalized spacial score (nSPS) is 12.8. The summed E-state index contributed by atoms with van der Waals surface area (Å²) in [5.41, 5.74) is 6.53. The van der Waals surface area contributed by atoms with E-state index in [1.807, 2.05) is 24.5 Å². The summed E-state index contributed by atoms with van der Waals surface area (Å²) >= 11 is 1.70. The molecule has 0 aliphatic heterocycles. The molecule has 3 heteroatoms. The third-order valence-electron chi connectivity index (χ3n) is 1.92. The van der Waals surface area contributed by atoms with Crippen molar-refractivity contribution in [3.05, 3.63) is 29.8 Å². The molecule has 72 valence electrons. The van der Waals surface area contributed by atoms with E-state index in [1.165, 1.54) is 10.5 Å². The summed E-state index contributed by atoms with van der Waals surface area (Å²) in [7, 11) is 0. The van der Waals surface area contributed by atoms with E-state index in [2.05, 4.69) is 6.07 Å². The minimum Gasteiger partial charge on any atom is -0.391 e. The molecule has 1 unspecified atom stereocenters. The molecule has 1 aromatic carbocycles. The van der Waals surface area contributed by atoms with E-state index >= 15 is 0 Å². The summed E-state index contributed by atoms with van der Waals surface area (Å²) in [6.45, 7) is 0.322. The zero-order valence-electron chi connectivity index (χ0n) is 7.73. The van der Waals surface area contributed by atoms with Crippen LogP contribution in [0.25, 0.3) is 0 Å². The van der Waals surface area contributed by atoms with Gasteiger partial charge in [-0.3, -0.25) is 0 Å². The Morgan fingerprint density at radius 1 is 1.46 bits per heavy atom. The Morgan fingerprint density at radius 3 is 2.77 bits per heavy atom. The highest BCUT2D eigenvalue weighted by atomic mass is 32.2. The van der Waals surface area contributed by atoms with E-state index in [1.54, 1.807) is 11.8 Å². The molecule has 1 aromatic rings. The van der Waals surface area contributed by atoms with Gasteiger partial charge in [0.2, 0.25) is 0 Å². The van der Waals surface area contributed by atoms with Crippen LogP contribution in [0.3, 0.4) is 0 Å². The average molecular weight is 197 g/mol. The van der Waals surface area contributed by atoms with Crippen molar-refractivity contribution in [2.24, 2.45) is 5.73 Å². The fourth-order valence-electron chi connectivity index (χ4n) is 1.21. The molecule has 0 bridgehead atoms. The standard InChI is InChI=1S/C10H15NOS/c1-13-10-5-3-2-4-8(10)6-9(12)7-11/h2-5,9,12H,6-7,11H2,1H3. The van der Waals surface area contributed by atoms with Crippen LogP contribution < -0.4 is 5.73 Å². The highest BCUT2D eigenvalue weighted by Gasteiger charge is 2.05. The maximum Gasteiger partial charge on any atom is 0.0703 e. The van der Waals surface area contributed by atoms with Crippen LogP contribution in [0.2, 0.25) is 0 Å². The summed E-state index contributed by atoms with van der Waals surface area (Å²) in [6, 6.07) is 8.08. The number of hydrogen-bond donors (Lipinski definition) is 2. The molecule has 3 N–H and O–H groups in total. The summed E-state index contributed by atoms with van der Waals surface area (Å²) < 4.78 is 0. The molecule has 0 aromatic heterocycles. The molecule has 1 atom stereocenters.